The van der Waals surface area contributed by atoms with Gasteiger partial charge in [0.1, 0.15) is 0 Å². The molecule has 0 amide bonds. The number of pyridine rings is 1. The molecule has 2 aromatic rings. The van der Waals surface area contributed by atoms with Crippen molar-refractivity contribution in [2.45, 2.75) is 0 Å². The zero-order valence-corrected chi connectivity index (χ0v) is 7.22. The number of ether oxygens (including phenoxy) is 1. The molecule has 0 spiro atoms. The first-order valence-corrected chi connectivity index (χ1v) is 3.75. The summed E-state index contributed by atoms with van der Waals surface area (Å²) in [6.45, 7) is 0. The summed E-state index contributed by atoms with van der Waals surface area (Å²) >= 11 is 0. The molecule has 0 aliphatic carbocycles. The third-order valence-corrected chi connectivity index (χ3v) is 1.63. The molecule has 0 aliphatic heterocycles. The average molecular weight is 194 g/mol. The Hall–Kier alpha value is -2.11. The summed E-state index contributed by atoms with van der Waals surface area (Å²) in [6.07, 6.45) is 0.0649. The third-order valence-electron chi connectivity index (χ3n) is 1.63. The van der Waals surface area contributed by atoms with Gasteiger partial charge in [0.25, 0.3) is 0 Å². The highest BCUT2D eigenvalue weighted by Gasteiger charge is 2.10. The van der Waals surface area contributed by atoms with Crippen molar-refractivity contribution in [1.29, 1.82) is 0 Å². The van der Waals surface area contributed by atoms with Crippen LogP contribution >= 0.6 is 0 Å². The molecule has 72 valence electrons. The van der Waals surface area contributed by atoms with Crippen LogP contribution in [0.3, 0.4) is 0 Å². The topological polar surface area (TPSA) is 85.5 Å². The fourth-order valence-electron chi connectivity index (χ4n) is 1.01. The zero-order chi connectivity index (χ0) is 10.1. The van der Waals surface area contributed by atoms with Gasteiger partial charge in [-0.1, -0.05) is 0 Å². The number of nitrogens with zero attached hydrogens (tertiary/aromatic N) is 2. The van der Waals surface area contributed by atoms with E-state index >= 15 is 0 Å². The lowest BCUT2D eigenvalue weighted by Gasteiger charge is -1.89. The van der Waals surface area contributed by atoms with Crippen LogP contribution in [0.25, 0.3) is 11.2 Å². The van der Waals surface area contributed by atoms with E-state index in [0.717, 1.165) is 0 Å². The van der Waals surface area contributed by atoms with Gasteiger partial charge in [0.2, 0.25) is 5.65 Å². The lowest BCUT2D eigenvalue weighted by Crippen LogP contribution is -1.99. The smallest absolute Gasteiger partial charge is 0.395 e. The lowest BCUT2D eigenvalue weighted by molar-refractivity contribution is 0.0691. The molecule has 2 heterocycles. The van der Waals surface area contributed by atoms with Gasteiger partial charge in [-0.25, -0.2) is 9.78 Å². The van der Waals surface area contributed by atoms with Gasteiger partial charge in [0.15, 0.2) is 11.3 Å². The highest BCUT2D eigenvalue weighted by molar-refractivity contribution is 5.87. The van der Waals surface area contributed by atoms with E-state index in [4.69, 9.17) is 14.3 Å². The maximum absolute atomic E-state index is 10.6. The summed E-state index contributed by atoms with van der Waals surface area (Å²) < 4.78 is 9.80. The molecular weight excluding hydrogens is 188 g/mol. The molecule has 0 aromatic carbocycles. The highest BCUT2D eigenvalue weighted by Crippen LogP contribution is 2.18. The molecular formula is C8H6N2O4. The van der Waals surface area contributed by atoms with Crippen LogP contribution in [0.4, 0.5) is 0 Å². The molecule has 2 rings (SSSR count). The second kappa shape index (κ2) is 2.99. The summed E-state index contributed by atoms with van der Waals surface area (Å²) in [6, 6.07) is 2.83. The molecule has 0 atom stereocenters. The summed E-state index contributed by atoms with van der Waals surface area (Å²) in [4.78, 5) is 18.1. The molecule has 0 radical (unpaired) electrons. The number of hydrogen-bond donors (Lipinski definition) is 1. The molecule has 0 saturated carbocycles. The van der Waals surface area contributed by atoms with Gasteiger partial charge < -0.3 is 14.3 Å². The number of aromatic carboxylic acids is 1. The van der Waals surface area contributed by atoms with Gasteiger partial charge in [-0.3, -0.25) is 0 Å². The molecule has 0 saturated heterocycles. The maximum atomic E-state index is 10.6. The maximum Gasteiger partial charge on any atom is 0.395 e. The quantitative estimate of drug-likeness (QED) is 0.765. The van der Waals surface area contributed by atoms with Gasteiger partial charge in [-0.05, 0) is 12.1 Å². The first-order valence-electron chi connectivity index (χ1n) is 3.75. The molecule has 2 aromatic heterocycles. The lowest BCUT2D eigenvalue weighted by atomic mass is 10.3. The molecule has 6 nitrogen and oxygen atoms in total. The number of hydrogen-bond acceptors (Lipinski definition) is 5. The van der Waals surface area contributed by atoms with Crippen molar-refractivity contribution in [3.05, 3.63) is 17.8 Å². The Morgan fingerprint density at radius 3 is 2.93 bits per heavy atom. The predicted molar refractivity (Wildman–Crippen MR) is 45.3 cm³/mol. The largest absolute Gasteiger partial charge is 0.477 e. The van der Waals surface area contributed by atoms with E-state index in [1.165, 1.54) is 19.2 Å². The molecule has 0 bridgehead atoms. The Morgan fingerprint density at radius 1 is 1.50 bits per heavy atom. The van der Waals surface area contributed by atoms with E-state index < -0.39 is 5.97 Å². The second-order valence-electron chi connectivity index (χ2n) is 2.51. The van der Waals surface area contributed by atoms with Crippen LogP contribution in [0.5, 0.6) is 6.08 Å². The van der Waals surface area contributed by atoms with Crippen molar-refractivity contribution < 1.29 is 19.1 Å². The van der Waals surface area contributed by atoms with Crippen LogP contribution < -0.4 is 4.74 Å². The van der Waals surface area contributed by atoms with Crippen LogP contribution in [-0.4, -0.2) is 28.2 Å². The van der Waals surface area contributed by atoms with Crippen molar-refractivity contribution in [2.24, 2.45) is 0 Å². The van der Waals surface area contributed by atoms with E-state index in [9.17, 15) is 4.79 Å². The average Bonchev–Trinajstić information content (AvgIpc) is 2.58. The number of carbonyl (C=O) groups is 1. The number of methoxy groups -OCH3 is 1. The number of aromatic nitrogens is 2. The summed E-state index contributed by atoms with van der Waals surface area (Å²) in [5.74, 6) is -1.10. The van der Waals surface area contributed by atoms with Crippen LogP contribution in [0.1, 0.15) is 10.5 Å². The van der Waals surface area contributed by atoms with Gasteiger partial charge in [0.05, 0.1) is 7.11 Å². The molecule has 6 heteroatoms. The fourth-order valence-corrected chi connectivity index (χ4v) is 1.01. The van der Waals surface area contributed by atoms with Gasteiger partial charge in [-0.2, -0.15) is 4.98 Å². The van der Waals surface area contributed by atoms with E-state index in [1.54, 1.807) is 0 Å². The Kier molecular flexibility index (Phi) is 1.81. The number of rotatable bonds is 2. The van der Waals surface area contributed by atoms with Gasteiger partial charge in [0, 0.05) is 0 Å². The monoisotopic (exact) mass is 194 g/mol. The van der Waals surface area contributed by atoms with E-state index in [-0.39, 0.29) is 17.4 Å². The Bertz CT molecular complexity index is 491. The van der Waals surface area contributed by atoms with Crippen LogP contribution in [0.15, 0.2) is 16.5 Å². The Morgan fingerprint density at radius 2 is 2.29 bits per heavy atom. The van der Waals surface area contributed by atoms with Crippen molar-refractivity contribution >= 4 is 17.2 Å². The zero-order valence-electron chi connectivity index (χ0n) is 7.22. The second-order valence-corrected chi connectivity index (χ2v) is 2.51. The summed E-state index contributed by atoms with van der Waals surface area (Å²) in [5, 5.41) is 8.66. The minimum Gasteiger partial charge on any atom is -0.477 e. The van der Waals surface area contributed by atoms with Crippen LogP contribution in [0, 0.1) is 0 Å². The SMILES string of the molecule is COc1nc2nc(C(=O)O)ccc2o1. The van der Waals surface area contributed by atoms with Crippen molar-refractivity contribution in [2.75, 3.05) is 7.11 Å². The van der Waals surface area contributed by atoms with E-state index in [0.29, 0.717) is 5.58 Å². The molecule has 1 N–H and O–H groups in total. The Balaban J connectivity index is 2.59. The molecule has 0 unspecified atom stereocenters. The molecule has 0 fully saturated rings. The van der Waals surface area contributed by atoms with Crippen molar-refractivity contribution in [1.82, 2.24) is 9.97 Å². The number of carboxylic acid groups (broad SMARTS) is 1. The van der Waals surface area contributed by atoms with Crippen LogP contribution in [0.2, 0.25) is 0 Å². The minimum absolute atomic E-state index is 0.0649. The van der Waals surface area contributed by atoms with Crippen molar-refractivity contribution in [3.8, 4) is 6.08 Å². The highest BCUT2D eigenvalue weighted by atomic mass is 16.6. The number of fused-ring (bicyclic) bond motifs is 1. The van der Waals surface area contributed by atoms with E-state index in [1.807, 2.05) is 0 Å². The first kappa shape index (κ1) is 8.49. The van der Waals surface area contributed by atoms with Crippen LogP contribution in [-0.2, 0) is 0 Å². The Labute approximate surface area is 78.1 Å². The molecule has 0 aliphatic rings. The fraction of sp³-hybridized carbons (Fsp3) is 0.125. The number of oxazole rings is 1. The van der Waals surface area contributed by atoms with Crippen molar-refractivity contribution in [3.63, 3.8) is 0 Å². The van der Waals surface area contributed by atoms with E-state index in [2.05, 4.69) is 9.97 Å². The predicted octanol–water partition coefficient (Wildman–Crippen LogP) is 0.930. The third kappa shape index (κ3) is 1.26. The summed E-state index contributed by atoms with van der Waals surface area (Å²) in [5.41, 5.74) is 0.544. The minimum atomic E-state index is -1.10. The number of carboxylic acids is 1. The molecule has 14 heavy (non-hydrogen) atoms. The standard InChI is InChI=1S/C8H6N2O4/c1-13-8-10-6-5(14-8)3-2-4(9-6)7(11)12/h2-3H,1H3,(H,11,12). The van der Waals surface area contributed by atoms with Gasteiger partial charge in [-0.15, -0.1) is 0 Å². The first-order chi connectivity index (χ1) is 6.70. The summed E-state index contributed by atoms with van der Waals surface area (Å²) in [7, 11) is 1.41. The van der Waals surface area contributed by atoms with Gasteiger partial charge >= 0.3 is 12.0 Å². The normalized spacial score (nSPS) is 10.4.